The van der Waals surface area contributed by atoms with Gasteiger partial charge in [-0.3, -0.25) is 9.69 Å². The van der Waals surface area contributed by atoms with Crippen molar-refractivity contribution in [3.8, 4) is 5.75 Å². The van der Waals surface area contributed by atoms with Crippen molar-refractivity contribution in [2.45, 2.75) is 6.92 Å². The van der Waals surface area contributed by atoms with Crippen molar-refractivity contribution in [1.82, 2.24) is 9.88 Å². The zero-order chi connectivity index (χ0) is 19.4. The molecule has 5 nitrogen and oxygen atoms in total. The highest BCUT2D eigenvalue weighted by molar-refractivity contribution is 7.22. The second-order valence-electron chi connectivity index (χ2n) is 6.30. The highest BCUT2D eigenvalue weighted by Gasteiger charge is 2.22. The van der Waals surface area contributed by atoms with Crippen LogP contribution >= 0.6 is 35.3 Å². The second kappa shape index (κ2) is 10.1. The van der Waals surface area contributed by atoms with Crippen LogP contribution in [-0.2, 0) is 0 Å². The van der Waals surface area contributed by atoms with Gasteiger partial charge in [0, 0.05) is 23.7 Å². The van der Waals surface area contributed by atoms with Gasteiger partial charge in [0.25, 0.3) is 5.91 Å². The molecule has 3 rings (SSSR count). The lowest BCUT2D eigenvalue weighted by Crippen LogP contribution is -2.36. The van der Waals surface area contributed by atoms with Crippen molar-refractivity contribution in [2.24, 2.45) is 0 Å². The average Bonchev–Trinajstić information content (AvgIpc) is 3.07. The largest absolute Gasteiger partial charge is 0.492 e. The predicted octanol–water partition coefficient (Wildman–Crippen LogP) is 4.98. The smallest absolute Gasteiger partial charge is 0.260 e. The Kier molecular flexibility index (Phi) is 8.07. The molecule has 0 bridgehead atoms. The van der Waals surface area contributed by atoms with E-state index in [-0.39, 0.29) is 18.3 Å². The lowest BCUT2D eigenvalue weighted by atomic mass is 10.2. The number of fused-ring (bicyclic) bond motifs is 1. The molecule has 0 saturated heterocycles. The van der Waals surface area contributed by atoms with Gasteiger partial charge in [-0.25, -0.2) is 4.98 Å². The second-order valence-corrected chi connectivity index (χ2v) is 7.74. The summed E-state index contributed by atoms with van der Waals surface area (Å²) in [6, 6.07) is 12.8. The molecular weight excluding hydrogens is 417 g/mol. The first-order valence-electron chi connectivity index (χ1n) is 8.74. The number of hydrogen-bond acceptors (Lipinski definition) is 5. The van der Waals surface area contributed by atoms with Crippen LogP contribution in [0.1, 0.15) is 17.3 Å². The average molecular weight is 440 g/mol. The van der Waals surface area contributed by atoms with Crippen molar-refractivity contribution < 1.29 is 9.53 Å². The summed E-state index contributed by atoms with van der Waals surface area (Å²) in [6.07, 6.45) is 0. The maximum Gasteiger partial charge on any atom is 0.260 e. The van der Waals surface area contributed by atoms with Crippen LogP contribution in [0.4, 0.5) is 5.13 Å². The summed E-state index contributed by atoms with van der Waals surface area (Å²) in [7, 11) is 3.97. The van der Waals surface area contributed by atoms with Crippen LogP contribution < -0.4 is 9.64 Å². The van der Waals surface area contributed by atoms with E-state index in [9.17, 15) is 4.79 Å². The summed E-state index contributed by atoms with van der Waals surface area (Å²) in [5.41, 5.74) is 1.38. The number of anilines is 1. The van der Waals surface area contributed by atoms with Gasteiger partial charge in [0.2, 0.25) is 0 Å². The molecule has 0 aliphatic carbocycles. The fraction of sp³-hybridized carbons (Fsp3) is 0.300. The number of rotatable bonds is 7. The zero-order valence-electron chi connectivity index (χ0n) is 16.0. The highest BCUT2D eigenvalue weighted by Crippen LogP contribution is 2.34. The molecule has 28 heavy (non-hydrogen) atoms. The summed E-state index contributed by atoms with van der Waals surface area (Å²) in [5.74, 6) is 0.648. The number of carbonyl (C=O) groups excluding carboxylic acids is 1. The molecule has 1 aromatic heterocycles. The SMILES string of the molecule is CCOc1cccc2sc(N(CCN(C)C)C(=O)c3ccc(Cl)cc3)nc12.Cl. The van der Waals surface area contributed by atoms with Crippen LogP contribution in [0.2, 0.25) is 5.02 Å². The van der Waals surface area contributed by atoms with E-state index in [4.69, 9.17) is 21.3 Å². The molecule has 0 aliphatic heterocycles. The van der Waals surface area contributed by atoms with Gasteiger partial charge in [0.15, 0.2) is 5.13 Å². The maximum absolute atomic E-state index is 13.2. The normalized spacial score (nSPS) is 10.8. The van der Waals surface area contributed by atoms with Gasteiger partial charge >= 0.3 is 0 Å². The van der Waals surface area contributed by atoms with E-state index in [1.54, 1.807) is 29.2 Å². The van der Waals surface area contributed by atoms with Crippen LogP contribution in [0, 0.1) is 0 Å². The number of halogens is 2. The summed E-state index contributed by atoms with van der Waals surface area (Å²) in [5, 5.41) is 1.27. The standard InChI is InChI=1S/C20H22ClN3O2S.ClH/c1-4-26-16-6-5-7-17-18(16)22-20(27-17)24(13-12-23(2)3)19(25)14-8-10-15(21)11-9-14;/h5-11H,4,12-13H2,1-3H3;1H. The Labute approximate surface area is 180 Å². The first kappa shape index (κ1) is 22.4. The number of hydrogen-bond donors (Lipinski definition) is 0. The Balaban J connectivity index is 0.00000280. The minimum Gasteiger partial charge on any atom is -0.492 e. The quantitative estimate of drug-likeness (QED) is 0.520. The van der Waals surface area contributed by atoms with Gasteiger partial charge in [-0.05, 0) is 57.4 Å². The molecule has 0 atom stereocenters. The number of benzene rings is 2. The van der Waals surface area contributed by atoms with Crippen LogP contribution in [0.15, 0.2) is 42.5 Å². The zero-order valence-corrected chi connectivity index (χ0v) is 18.4. The van der Waals surface area contributed by atoms with Gasteiger partial charge in [-0.2, -0.15) is 0 Å². The molecule has 0 spiro atoms. The molecule has 0 radical (unpaired) electrons. The van der Waals surface area contributed by atoms with E-state index in [1.807, 2.05) is 44.1 Å². The minimum atomic E-state index is -0.0921. The molecule has 0 aliphatic rings. The van der Waals surface area contributed by atoms with Crippen LogP contribution in [0.5, 0.6) is 5.75 Å². The molecular formula is C20H23Cl2N3O2S. The number of thiazole rings is 1. The summed E-state index contributed by atoms with van der Waals surface area (Å²) < 4.78 is 6.68. The van der Waals surface area contributed by atoms with E-state index in [0.717, 1.165) is 22.5 Å². The molecule has 0 N–H and O–H groups in total. The third-order valence-electron chi connectivity index (χ3n) is 4.01. The summed E-state index contributed by atoms with van der Waals surface area (Å²) in [6.45, 7) is 3.78. The van der Waals surface area contributed by atoms with Gasteiger partial charge in [0.05, 0.1) is 11.3 Å². The molecule has 0 unspecified atom stereocenters. The number of amides is 1. The molecule has 2 aromatic carbocycles. The lowest BCUT2D eigenvalue weighted by molar-refractivity contribution is 0.0985. The third kappa shape index (κ3) is 5.14. The molecule has 0 saturated carbocycles. The third-order valence-corrected chi connectivity index (χ3v) is 5.30. The highest BCUT2D eigenvalue weighted by atomic mass is 35.5. The van der Waals surface area contributed by atoms with Crippen LogP contribution in [-0.4, -0.2) is 49.6 Å². The van der Waals surface area contributed by atoms with E-state index in [1.165, 1.54) is 11.3 Å². The molecule has 1 amide bonds. The molecule has 8 heteroatoms. The first-order chi connectivity index (χ1) is 13.0. The Morgan fingerprint density at radius 2 is 1.86 bits per heavy atom. The number of para-hydroxylation sites is 1. The van der Waals surface area contributed by atoms with Crippen LogP contribution in [0.3, 0.4) is 0 Å². The minimum absolute atomic E-state index is 0. The summed E-state index contributed by atoms with van der Waals surface area (Å²) >= 11 is 7.45. The van der Waals surface area contributed by atoms with E-state index < -0.39 is 0 Å². The Bertz CT molecular complexity index is 929. The number of carbonyl (C=O) groups is 1. The Hall–Kier alpha value is -1.86. The lowest BCUT2D eigenvalue weighted by Gasteiger charge is -2.22. The number of likely N-dealkylation sites (N-methyl/N-ethyl adjacent to an activating group) is 1. The van der Waals surface area contributed by atoms with Gasteiger partial charge in [0.1, 0.15) is 11.3 Å². The fourth-order valence-electron chi connectivity index (χ4n) is 2.63. The van der Waals surface area contributed by atoms with Gasteiger partial charge in [-0.1, -0.05) is 29.0 Å². The molecule has 1 heterocycles. The van der Waals surface area contributed by atoms with Gasteiger partial charge < -0.3 is 9.64 Å². The van der Waals surface area contributed by atoms with E-state index in [2.05, 4.69) is 0 Å². The first-order valence-corrected chi connectivity index (χ1v) is 9.93. The van der Waals surface area contributed by atoms with Crippen molar-refractivity contribution in [1.29, 1.82) is 0 Å². The number of ether oxygens (including phenoxy) is 1. The number of nitrogens with zero attached hydrogens (tertiary/aromatic N) is 3. The number of aromatic nitrogens is 1. The van der Waals surface area contributed by atoms with E-state index >= 15 is 0 Å². The van der Waals surface area contributed by atoms with E-state index in [0.29, 0.717) is 28.9 Å². The molecule has 3 aromatic rings. The Morgan fingerprint density at radius 1 is 1.14 bits per heavy atom. The van der Waals surface area contributed by atoms with Crippen LogP contribution in [0.25, 0.3) is 10.2 Å². The molecule has 0 fully saturated rings. The predicted molar refractivity (Wildman–Crippen MR) is 120 cm³/mol. The maximum atomic E-state index is 13.2. The van der Waals surface area contributed by atoms with Crippen molar-refractivity contribution in [3.05, 3.63) is 53.1 Å². The Morgan fingerprint density at radius 3 is 2.50 bits per heavy atom. The van der Waals surface area contributed by atoms with Gasteiger partial charge in [-0.15, -0.1) is 12.4 Å². The fourth-order valence-corrected chi connectivity index (χ4v) is 3.76. The monoisotopic (exact) mass is 439 g/mol. The topological polar surface area (TPSA) is 45.7 Å². The van der Waals surface area contributed by atoms with Crippen molar-refractivity contribution in [2.75, 3.05) is 38.7 Å². The summed E-state index contributed by atoms with van der Waals surface area (Å²) in [4.78, 5) is 21.7. The van der Waals surface area contributed by atoms with Crippen molar-refractivity contribution in [3.63, 3.8) is 0 Å². The van der Waals surface area contributed by atoms with Crippen molar-refractivity contribution >= 4 is 56.6 Å². The molecule has 150 valence electrons.